The van der Waals surface area contributed by atoms with Gasteiger partial charge in [0.15, 0.2) is 0 Å². The van der Waals surface area contributed by atoms with Crippen LogP contribution in [0.25, 0.3) is 0 Å². The van der Waals surface area contributed by atoms with Gasteiger partial charge >= 0.3 is 0 Å². The predicted molar refractivity (Wildman–Crippen MR) is 65.1 cm³/mol. The maximum Gasteiger partial charge on any atom is 0.147 e. The van der Waals surface area contributed by atoms with Crippen LogP contribution in [0.3, 0.4) is 0 Å². The van der Waals surface area contributed by atoms with E-state index in [0.29, 0.717) is 21.3 Å². The monoisotopic (exact) mass is 268 g/mol. The highest BCUT2D eigenvalue weighted by molar-refractivity contribution is 7.99. The topological polar surface area (TPSA) is 63.8 Å². The van der Waals surface area contributed by atoms with Crippen molar-refractivity contribution in [1.29, 1.82) is 0 Å². The summed E-state index contributed by atoms with van der Waals surface area (Å²) in [5.74, 6) is 4.52. The summed E-state index contributed by atoms with van der Waals surface area (Å²) in [5, 5.41) is 0.559. The molecule has 0 saturated carbocycles. The van der Waals surface area contributed by atoms with E-state index in [0.717, 1.165) is 17.8 Å². The van der Waals surface area contributed by atoms with Gasteiger partial charge in [0.25, 0.3) is 0 Å². The number of nitrogens with two attached hydrogens (primary N) is 1. The van der Waals surface area contributed by atoms with Crippen molar-refractivity contribution in [3.8, 4) is 0 Å². The second-order valence-corrected chi connectivity index (χ2v) is 4.50. The van der Waals surface area contributed by atoms with Crippen LogP contribution < -0.4 is 11.3 Å². The molecule has 0 bridgehead atoms. The quantitative estimate of drug-likeness (QED) is 0.508. The third-order valence-corrected chi connectivity index (χ3v) is 3.43. The van der Waals surface area contributed by atoms with Crippen LogP contribution in [0.2, 0.25) is 0 Å². The molecule has 3 N–H and O–H groups in total. The van der Waals surface area contributed by atoms with E-state index < -0.39 is 11.6 Å². The maximum absolute atomic E-state index is 13.5. The standard InChI is InChI=1S/C11H10F2N4S/c1-6-10(17-14)15-5-16-11(6)18-9-3-2-7(12)4-8(9)13/h2-5H,14H2,1H3,(H,15,16,17). The van der Waals surface area contributed by atoms with E-state index in [1.807, 2.05) is 0 Å². The summed E-state index contributed by atoms with van der Waals surface area (Å²) in [5.41, 5.74) is 3.13. The predicted octanol–water partition coefficient (Wildman–Crippen LogP) is 2.50. The van der Waals surface area contributed by atoms with Crippen LogP contribution in [0.4, 0.5) is 14.6 Å². The molecule has 7 heteroatoms. The van der Waals surface area contributed by atoms with E-state index in [9.17, 15) is 8.78 Å². The number of anilines is 1. The summed E-state index contributed by atoms with van der Waals surface area (Å²) in [6.07, 6.45) is 1.33. The number of nitrogen functional groups attached to an aromatic ring is 1. The average Bonchev–Trinajstić information content (AvgIpc) is 2.35. The summed E-state index contributed by atoms with van der Waals surface area (Å²) in [6, 6.07) is 3.40. The minimum atomic E-state index is -0.625. The molecule has 0 fully saturated rings. The van der Waals surface area contributed by atoms with Gasteiger partial charge in [0, 0.05) is 16.5 Å². The van der Waals surface area contributed by atoms with E-state index in [-0.39, 0.29) is 0 Å². The minimum Gasteiger partial charge on any atom is -0.308 e. The van der Waals surface area contributed by atoms with Gasteiger partial charge in [0.1, 0.15) is 28.8 Å². The summed E-state index contributed by atoms with van der Waals surface area (Å²) in [7, 11) is 0. The summed E-state index contributed by atoms with van der Waals surface area (Å²) in [6.45, 7) is 1.76. The van der Waals surface area contributed by atoms with E-state index in [1.54, 1.807) is 6.92 Å². The fourth-order valence-corrected chi connectivity index (χ4v) is 2.19. The molecular weight excluding hydrogens is 258 g/mol. The zero-order valence-electron chi connectivity index (χ0n) is 9.45. The van der Waals surface area contributed by atoms with Gasteiger partial charge in [-0.05, 0) is 19.1 Å². The first-order chi connectivity index (χ1) is 8.61. The fraction of sp³-hybridized carbons (Fsp3) is 0.0909. The van der Waals surface area contributed by atoms with E-state index in [2.05, 4.69) is 15.4 Å². The van der Waals surface area contributed by atoms with Crippen molar-refractivity contribution in [3.05, 3.63) is 41.7 Å². The molecule has 0 amide bonds. The first kappa shape index (κ1) is 12.7. The lowest BCUT2D eigenvalue weighted by Gasteiger charge is -2.08. The van der Waals surface area contributed by atoms with Crippen LogP contribution in [0.15, 0.2) is 34.4 Å². The number of nitrogens with one attached hydrogen (secondary N) is 1. The first-order valence-corrected chi connectivity index (χ1v) is 5.84. The maximum atomic E-state index is 13.5. The SMILES string of the molecule is Cc1c(NN)ncnc1Sc1ccc(F)cc1F. The molecule has 2 rings (SSSR count). The van der Waals surface area contributed by atoms with Crippen LogP contribution in [-0.2, 0) is 0 Å². The smallest absolute Gasteiger partial charge is 0.147 e. The van der Waals surface area contributed by atoms with Crippen molar-refractivity contribution in [2.45, 2.75) is 16.8 Å². The highest BCUT2D eigenvalue weighted by atomic mass is 32.2. The van der Waals surface area contributed by atoms with Gasteiger partial charge in [0.05, 0.1) is 0 Å². The van der Waals surface area contributed by atoms with Crippen LogP contribution in [0, 0.1) is 18.6 Å². The zero-order valence-corrected chi connectivity index (χ0v) is 10.3. The number of halogens is 2. The number of benzene rings is 1. The molecule has 1 heterocycles. The number of rotatable bonds is 3. The number of aromatic nitrogens is 2. The summed E-state index contributed by atoms with van der Waals surface area (Å²) in [4.78, 5) is 8.26. The second kappa shape index (κ2) is 5.28. The molecule has 0 aliphatic rings. The number of hydrogen-bond donors (Lipinski definition) is 2. The van der Waals surface area contributed by atoms with Crippen LogP contribution in [0.5, 0.6) is 0 Å². The first-order valence-electron chi connectivity index (χ1n) is 5.03. The molecule has 0 aliphatic heterocycles. The highest BCUT2D eigenvalue weighted by Gasteiger charge is 2.11. The number of hydrogen-bond acceptors (Lipinski definition) is 5. The Morgan fingerprint density at radius 1 is 1.28 bits per heavy atom. The molecule has 1 aromatic carbocycles. The number of hydrazine groups is 1. The lowest BCUT2D eigenvalue weighted by atomic mass is 10.3. The fourth-order valence-electron chi connectivity index (χ4n) is 1.34. The van der Waals surface area contributed by atoms with Gasteiger partial charge < -0.3 is 5.43 Å². The van der Waals surface area contributed by atoms with E-state index in [1.165, 1.54) is 18.5 Å². The van der Waals surface area contributed by atoms with Gasteiger partial charge in [-0.25, -0.2) is 24.6 Å². The largest absolute Gasteiger partial charge is 0.308 e. The Balaban J connectivity index is 2.34. The van der Waals surface area contributed by atoms with Gasteiger partial charge in [-0.15, -0.1) is 0 Å². The average molecular weight is 268 g/mol. The Kier molecular flexibility index (Phi) is 3.73. The molecule has 94 valence electrons. The summed E-state index contributed by atoms with van der Waals surface area (Å²) >= 11 is 1.09. The summed E-state index contributed by atoms with van der Waals surface area (Å²) < 4.78 is 26.3. The molecule has 0 unspecified atom stereocenters. The Hall–Kier alpha value is -1.73. The van der Waals surface area contributed by atoms with Crippen molar-refractivity contribution in [3.63, 3.8) is 0 Å². The molecule has 0 saturated heterocycles. The molecule has 0 radical (unpaired) electrons. The normalized spacial score (nSPS) is 10.4. The Bertz CT molecular complexity index is 577. The third-order valence-electron chi connectivity index (χ3n) is 2.28. The van der Waals surface area contributed by atoms with Crippen LogP contribution in [-0.4, -0.2) is 9.97 Å². The van der Waals surface area contributed by atoms with Gasteiger partial charge in [-0.1, -0.05) is 11.8 Å². The Morgan fingerprint density at radius 2 is 2.06 bits per heavy atom. The van der Waals surface area contributed by atoms with Gasteiger partial charge in [0.2, 0.25) is 0 Å². The van der Waals surface area contributed by atoms with Crippen molar-refractivity contribution < 1.29 is 8.78 Å². The molecule has 0 atom stereocenters. The van der Waals surface area contributed by atoms with E-state index in [4.69, 9.17) is 5.84 Å². The van der Waals surface area contributed by atoms with Crippen molar-refractivity contribution >= 4 is 17.6 Å². The number of nitrogens with zero attached hydrogens (tertiary/aromatic N) is 2. The molecular formula is C11H10F2N4S. The zero-order chi connectivity index (χ0) is 13.1. The van der Waals surface area contributed by atoms with Crippen molar-refractivity contribution in [2.75, 3.05) is 5.43 Å². The Morgan fingerprint density at radius 3 is 2.72 bits per heavy atom. The molecule has 18 heavy (non-hydrogen) atoms. The van der Waals surface area contributed by atoms with Crippen molar-refractivity contribution in [1.82, 2.24) is 9.97 Å². The highest BCUT2D eigenvalue weighted by Crippen LogP contribution is 2.32. The third kappa shape index (κ3) is 2.57. The lowest BCUT2D eigenvalue weighted by molar-refractivity contribution is 0.565. The van der Waals surface area contributed by atoms with E-state index >= 15 is 0 Å². The molecule has 0 spiro atoms. The molecule has 1 aromatic heterocycles. The van der Waals surface area contributed by atoms with Crippen LogP contribution in [0.1, 0.15) is 5.56 Å². The second-order valence-electron chi connectivity index (χ2n) is 3.47. The van der Waals surface area contributed by atoms with Crippen molar-refractivity contribution in [2.24, 2.45) is 5.84 Å². The molecule has 0 aliphatic carbocycles. The molecule has 2 aromatic rings. The van der Waals surface area contributed by atoms with Gasteiger partial charge in [-0.2, -0.15) is 0 Å². The molecule has 4 nitrogen and oxygen atoms in total. The van der Waals surface area contributed by atoms with Gasteiger partial charge in [-0.3, -0.25) is 0 Å². The Labute approximate surface area is 107 Å². The lowest BCUT2D eigenvalue weighted by Crippen LogP contribution is -2.10. The minimum absolute atomic E-state index is 0.293. The van der Waals surface area contributed by atoms with Crippen LogP contribution >= 0.6 is 11.8 Å².